The molecule has 2 N–H and O–H groups in total. The molecule has 0 amide bonds. The fourth-order valence-electron chi connectivity index (χ4n) is 1.53. The second-order valence-electron chi connectivity index (χ2n) is 3.59. The van der Waals surface area contributed by atoms with E-state index >= 15 is 0 Å². The molecule has 0 spiro atoms. The second kappa shape index (κ2) is 4.97. The van der Waals surface area contributed by atoms with E-state index in [1.807, 2.05) is 0 Å². The van der Waals surface area contributed by atoms with Crippen LogP contribution in [-0.2, 0) is 15.3 Å². The summed E-state index contributed by atoms with van der Waals surface area (Å²) in [5, 5.41) is 17.3. The molecule has 0 aliphatic carbocycles. The van der Waals surface area contributed by atoms with Crippen LogP contribution in [0, 0.1) is 0 Å². The molecular formula is C12H14O5. The molecule has 0 aromatic heterocycles. The van der Waals surface area contributed by atoms with Gasteiger partial charge in [0.25, 0.3) is 5.97 Å². The van der Waals surface area contributed by atoms with Gasteiger partial charge in [0, 0.05) is 18.9 Å². The molecule has 5 nitrogen and oxygen atoms in total. The number of aliphatic carboxylic acids is 1. The number of hydrogen-bond donors (Lipinski definition) is 2. The van der Waals surface area contributed by atoms with Crippen LogP contribution < -0.4 is 0 Å². The highest BCUT2D eigenvalue weighted by molar-refractivity contribution is 5.94. The Morgan fingerprint density at radius 3 is 2.47 bits per heavy atom. The summed E-state index contributed by atoms with van der Waals surface area (Å²) in [5.74, 6) is -2.69. The highest BCUT2D eigenvalue weighted by Gasteiger charge is 2.42. The smallest absolute Gasteiger partial charge is 0.341 e. The lowest BCUT2D eigenvalue weighted by Crippen LogP contribution is -2.24. The zero-order valence-electron chi connectivity index (χ0n) is 9.64. The monoisotopic (exact) mass is 238 g/mol. The van der Waals surface area contributed by atoms with Crippen molar-refractivity contribution in [1.29, 1.82) is 0 Å². The van der Waals surface area contributed by atoms with Crippen molar-refractivity contribution in [2.24, 2.45) is 0 Å². The van der Waals surface area contributed by atoms with Crippen LogP contribution in [0.5, 0.6) is 0 Å². The Morgan fingerprint density at radius 1 is 1.41 bits per heavy atom. The summed E-state index contributed by atoms with van der Waals surface area (Å²) < 4.78 is 4.89. The first-order valence-corrected chi connectivity index (χ1v) is 5.15. The van der Waals surface area contributed by atoms with Crippen LogP contribution in [0.4, 0.5) is 0 Å². The van der Waals surface area contributed by atoms with Crippen LogP contribution in [0.1, 0.15) is 36.2 Å². The van der Waals surface area contributed by atoms with Gasteiger partial charge in [-0.3, -0.25) is 4.79 Å². The maximum atomic E-state index is 11.3. The summed E-state index contributed by atoms with van der Waals surface area (Å²) in [5.41, 5.74) is 1.04. The third-order valence-corrected chi connectivity index (χ3v) is 2.31. The van der Waals surface area contributed by atoms with Crippen molar-refractivity contribution >= 4 is 11.9 Å². The van der Waals surface area contributed by atoms with E-state index in [9.17, 15) is 9.90 Å². The summed E-state index contributed by atoms with van der Waals surface area (Å²) >= 11 is 0. The van der Waals surface area contributed by atoms with Crippen molar-refractivity contribution in [2.45, 2.75) is 26.1 Å². The first-order valence-electron chi connectivity index (χ1n) is 5.15. The number of benzene rings is 1. The molecule has 0 saturated heterocycles. The van der Waals surface area contributed by atoms with Gasteiger partial charge in [0.1, 0.15) is 0 Å². The number of carboxylic acids is 1. The molecule has 1 heterocycles. The van der Waals surface area contributed by atoms with Crippen molar-refractivity contribution in [3.63, 3.8) is 0 Å². The normalized spacial score (nSPS) is 21.0. The Hall–Kier alpha value is -1.88. The third kappa shape index (κ3) is 2.82. The van der Waals surface area contributed by atoms with Crippen molar-refractivity contribution in [1.82, 2.24) is 0 Å². The van der Waals surface area contributed by atoms with Gasteiger partial charge in [-0.25, -0.2) is 4.79 Å². The van der Waals surface area contributed by atoms with E-state index in [0.29, 0.717) is 17.5 Å². The number of carbonyl (C=O) groups excluding carboxylic acids is 1. The minimum atomic E-state index is -1.41. The molecule has 5 heteroatoms. The molecule has 1 atom stereocenters. The number of rotatable bonds is 1. The van der Waals surface area contributed by atoms with Crippen molar-refractivity contribution < 1.29 is 24.5 Å². The molecule has 17 heavy (non-hydrogen) atoms. The van der Waals surface area contributed by atoms with E-state index in [-0.39, 0.29) is 0 Å². The topological polar surface area (TPSA) is 83.8 Å². The highest BCUT2D eigenvalue weighted by Crippen LogP contribution is 2.36. The average Bonchev–Trinajstić information content (AvgIpc) is 2.52. The van der Waals surface area contributed by atoms with Crippen LogP contribution in [0.25, 0.3) is 0 Å². The highest BCUT2D eigenvalue weighted by atomic mass is 16.7. The number of cyclic esters (lactones) is 1. The number of esters is 1. The number of carbonyl (C=O) groups is 2. The Morgan fingerprint density at radius 2 is 1.94 bits per heavy atom. The largest absolute Gasteiger partial charge is 0.481 e. The summed E-state index contributed by atoms with van der Waals surface area (Å²) in [6.07, 6.45) is 0.371. The molecule has 1 aliphatic heterocycles. The Kier molecular flexibility index (Phi) is 3.85. The third-order valence-electron chi connectivity index (χ3n) is 2.31. The van der Waals surface area contributed by atoms with Crippen molar-refractivity contribution in [3.8, 4) is 0 Å². The Balaban J connectivity index is 0.000000317. The van der Waals surface area contributed by atoms with Crippen LogP contribution in [0.15, 0.2) is 24.3 Å². The predicted octanol–water partition coefficient (Wildman–Crippen LogP) is 1.50. The van der Waals surface area contributed by atoms with Gasteiger partial charge in [-0.1, -0.05) is 25.1 Å². The predicted molar refractivity (Wildman–Crippen MR) is 59.4 cm³/mol. The van der Waals surface area contributed by atoms with Gasteiger partial charge in [0.2, 0.25) is 5.79 Å². The summed E-state index contributed by atoms with van der Waals surface area (Å²) in [4.78, 5) is 20.3. The lowest BCUT2D eigenvalue weighted by molar-refractivity contribution is -0.164. The zero-order chi connectivity index (χ0) is 13.1. The van der Waals surface area contributed by atoms with E-state index < -0.39 is 17.7 Å². The molecule has 92 valence electrons. The first kappa shape index (κ1) is 13.2. The van der Waals surface area contributed by atoms with Crippen molar-refractivity contribution in [3.05, 3.63) is 35.4 Å². The number of fused-ring (bicyclic) bond motifs is 1. The standard InChI is InChI=1S/C10H10O3.C2H4O2/c1-2-10(12)8-6-4-3-5-7(8)9(11)13-10;1-2(3)4/h3-6,12H,2H2,1H3;1H3,(H,3,4). The van der Waals surface area contributed by atoms with Gasteiger partial charge in [0.15, 0.2) is 0 Å². The molecule has 0 radical (unpaired) electrons. The summed E-state index contributed by atoms with van der Waals surface area (Å²) in [6.45, 7) is 2.86. The van der Waals surface area contributed by atoms with Crippen LogP contribution in [0.3, 0.4) is 0 Å². The van der Waals surface area contributed by atoms with Gasteiger partial charge < -0.3 is 14.9 Å². The lowest BCUT2D eigenvalue weighted by atomic mass is 10.0. The summed E-state index contributed by atoms with van der Waals surface area (Å²) in [6, 6.07) is 6.90. The number of ether oxygens (including phenoxy) is 1. The van der Waals surface area contributed by atoms with Crippen molar-refractivity contribution in [2.75, 3.05) is 0 Å². The van der Waals surface area contributed by atoms with Gasteiger partial charge in [0.05, 0.1) is 5.56 Å². The molecule has 1 aliphatic rings. The minimum absolute atomic E-state index is 0.371. The van der Waals surface area contributed by atoms with Gasteiger partial charge in [-0.05, 0) is 6.07 Å². The molecule has 0 bridgehead atoms. The Bertz CT molecular complexity index is 436. The first-order chi connectivity index (χ1) is 7.90. The number of hydrogen-bond acceptors (Lipinski definition) is 4. The fourth-order valence-corrected chi connectivity index (χ4v) is 1.53. The quantitative estimate of drug-likeness (QED) is 0.724. The molecule has 1 aromatic rings. The van der Waals surface area contributed by atoms with Crippen LogP contribution >= 0.6 is 0 Å². The average molecular weight is 238 g/mol. The number of carboxylic acid groups (broad SMARTS) is 1. The SMILES string of the molecule is CC(=O)O.CCC1(O)OC(=O)c2ccccc21. The molecular weight excluding hydrogens is 224 g/mol. The molecule has 0 saturated carbocycles. The number of aliphatic hydroxyl groups is 1. The van der Waals surface area contributed by atoms with Gasteiger partial charge >= 0.3 is 5.97 Å². The van der Waals surface area contributed by atoms with Gasteiger partial charge in [-0.15, -0.1) is 0 Å². The van der Waals surface area contributed by atoms with Crippen LogP contribution in [0.2, 0.25) is 0 Å². The lowest BCUT2D eigenvalue weighted by Gasteiger charge is -2.19. The molecule has 1 unspecified atom stereocenters. The van der Waals surface area contributed by atoms with E-state index in [4.69, 9.17) is 14.6 Å². The van der Waals surface area contributed by atoms with E-state index in [0.717, 1.165) is 6.92 Å². The van der Waals surface area contributed by atoms with Gasteiger partial charge in [-0.2, -0.15) is 0 Å². The fraction of sp³-hybridized carbons (Fsp3) is 0.333. The summed E-state index contributed by atoms with van der Waals surface area (Å²) in [7, 11) is 0. The second-order valence-corrected chi connectivity index (χ2v) is 3.59. The van der Waals surface area contributed by atoms with E-state index in [1.54, 1.807) is 31.2 Å². The zero-order valence-corrected chi connectivity index (χ0v) is 9.64. The Labute approximate surface area is 98.6 Å². The molecule has 2 rings (SSSR count). The molecule has 1 aromatic carbocycles. The van der Waals surface area contributed by atoms with E-state index in [2.05, 4.69) is 0 Å². The molecule has 0 fully saturated rings. The minimum Gasteiger partial charge on any atom is -0.481 e. The van der Waals surface area contributed by atoms with E-state index in [1.165, 1.54) is 0 Å². The maximum absolute atomic E-state index is 11.3. The maximum Gasteiger partial charge on any atom is 0.341 e. The van der Waals surface area contributed by atoms with Crippen LogP contribution in [-0.4, -0.2) is 22.2 Å².